The van der Waals surface area contributed by atoms with E-state index in [9.17, 15) is 14.7 Å². The van der Waals surface area contributed by atoms with Crippen LogP contribution in [0.2, 0.25) is 0 Å². The van der Waals surface area contributed by atoms with E-state index in [1.165, 1.54) is 20.3 Å². The molecule has 7 nitrogen and oxygen atoms in total. The molecule has 5 rings (SSSR count). The molecule has 2 aliphatic heterocycles. The zero-order valence-electron chi connectivity index (χ0n) is 22.6. The Morgan fingerprint density at radius 3 is 2.18 bits per heavy atom. The van der Waals surface area contributed by atoms with Gasteiger partial charge in [0.2, 0.25) is 0 Å². The molecule has 1 atom stereocenters. The maximum absolute atomic E-state index is 13.2. The Morgan fingerprint density at radius 1 is 0.921 bits per heavy atom. The summed E-state index contributed by atoms with van der Waals surface area (Å²) in [4.78, 5) is 30.5. The Balaban J connectivity index is 1.10. The summed E-state index contributed by atoms with van der Waals surface area (Å²) in [6, 6.07) is 17.5. The molecular formula is C31H39N3O4+2. The second-order valence-electron chi connectivity index (χ2n) is 11.1. The number of nitrogens with zero attached hydrogens (tertiary/aromatic N) is 1. The van der Waals surface area contributed by atoms with Crippen molar-refractivity contribution in [2.45, 2.75) is 32.8 Å². The highest BCUT2D eigenvalue weighted by Gasteiger charge is 2.34. The topological polar surface area (TPSA) is 75.7 Å². The minimum atomic E-state index is -0.529. The predicted octanol–water partition coefficient (Wildman–Crippen LogP) is 1.09. The van der Waals surface area contributed by atoms with Crippen LogP contribution >= 0.6 is 0 Å². The Labute approximate surface area is 224 Å². The molecule has 38 heavy (non-hydrogen) atoms. The summed E-state index contributed by atoms with van der Waals surface area (Å²) in [5.74, 6) is 0.841. The Morgan fingerprint density at radius 2 is 1.55 bits per heavy atom. The second kappa shape index (κ2) is 11.2. The van der Waals surface area contributed by atoms with Crippen LogP contribution in [0.25, 0.3) is 10.8 Å². The summed E-state index contributed by atoms with van der Waals surface area (Å²) >= 11 is 0. The number of imide groups is 1. The third-order valence-corrected chi connectivity index (χ3v) is 7.96. The van der Waals surface area contributed by atoms with Crippen LogP contribution in [-0.4, -0.2) is 80.3 Å². The van der Waals surface area contributed by atoms with Crippen molar-refractivity contribution in [3.05, 3.63) is 76.9 Å². The lowest BCUT2D eigenvalue weighted by Crippen LogP contribution is -3.28. The lowest BCUT2D eigenvalue weighted by Gasteiger charge is -2.32. The molecule has 2 amide bonds. The monoisotopic (exact) mass is 517 g/mol. The zero-order chi connectivity index (χ0) is 26.8. The molecule has 2 heterocycles. The van der Waals surface area contributed by atoms with Gasteiger partial charge in [-0.05, 0) is 47.6 Å². The van der Waals surface area contributed by atoms with Crippen molar-refractivity contribution in [2.24, 2.45) is 0 Å². The first kappa shape index (κ1) is 26.4. The fourth-order valence-electron chi connectivity index (χ4n) is 5.79. The van der Waals surface area contributed by atoms with Crippen LogP contribution in [0.3, 0.4) is 0 Å². The van der Waals surface area contributed by atoms with Gasteiger partial charge >= 0.3 is 0 Å². The first-order valence-corrected chi connectivity index (χ1v) is 13.8. The van der Waals surface area contributed by atoms with E-state index in [4.69, 9.17) is 4.74 Å². The Hall–Kier alpha value is -3.26. The van der Waals surface area contributed by atoms with Gasteiger partial charge in [-0.3, -0.25) is 14.5 Å². The summed E-state index contributed by atoms with van der Waals surface area (Å²) in [5.41, 5.74) is 3.55. The molecule has 3 aromatic rings. The van der Waals surface area contributed by atoms with Crippen molar-refractivity contribution in [2.75, 3.05) is 52.4 Å². The van der Waals surface area contributed by atoms with Crippen molar-refractivity contribution in [3.63, 3.8) is 0 Å². The van der Waals surface area contributed by atoms with Crippen LogP contribution in [0.1, 0.15) is 51.6 Å². The predicted molar refractivity (Wildman–Crippen MR) is 147 cm³/mol. The fourth-order valence-corrected chi connectivity index (χ4v) is 5.79. The van der Waals surface area contributed by atoms with E-state index in [0.29, 0.717) is 30.1 Å². The zero-order valence-corrected chi connectivity index (χ0v) is 22.6. The van der Waals surface area contributed by atoms with Crippen molar-refractivity contribution in [1.29, 1.82) is 0 Å². The minimum absolute atomic E-state index is 0.194. The van der Waals surface area contributed by atoms with Gasteiger partial charge in [0.05, 0.1) is 13.1 Å². The first-order chi connectivity index (χ1) is 18.3. The average molecular weight is 518 g/mol. The number of piperazine rings is 1. The Kier molecular flexibility index (Phi) is 7.79. The van der Waals surface area contributed by atoms with Crippen molar-refractivity contribution in [1.82, 2.24) is 4.90 Å². The number of hydrogen-bond donors (Lipinski definition) is 3. The molecule has 0 saturated carbocycles. The number of ether oxygens (including phenoxy) is 1. The number of nitrogens with one attached hydrogen (secondary N) is 2. The summed E-state index contributed by atoms with van der Waals surface area (Å²) in [5, 5.41) is 12.4. The number of aliphatic hydroxyl groups is 1. The van der Waals surface area contributed by atoms with Gasteiger partial charge in [-0.1, -0.05) is 50.2 Å². The Bertz CT molecular complexity index is 1280. The third-order valence-electron chi connectivity index (χ3n) is 7.96. The number of rotatable bonds is 9. The molecule has 0 bridgehead atoms. The van der Waals surface area contributed by atoms with E-state index in [1.54, 1.807) is 0 Å². The van der Waals surface area contributed by atoms with Crippen molar-refractivity contribution in [3.8, 4) is 5.75 Å². The number of carbonyl (C=O) groups excluding carboxylic acids is 2. The SMILES string of the molecule is Cc1ccc(C(C)C)c(OC[C@H](O)C[NH+]2CC[NH+](CCN3C(=O)c4cccc5cccc(c45)C3=O)CC2)c1. The lowest BCUT2D eigenvalue weighted by molar-refractivity contribution is -1.01. The molecular weight excluding hydrogens is 478 g/mol. The van der Waals surface area contributed by atoms with Gasteiger partial charge in [0.15, 0.2) is 0 Å². The molecule has 0 radical (unpaired) electrons. The van der Waals surface area contributed by atoms with Crippen LogP contribution in [0, 0.1) is 6.92 Å². The highest BCUT2D eigenvalue weighted by Crippen LogP contribution is 2.30. The second-order valence-corrected chi connectivity index (χ2v) is 11.1. The number of carbonyl (C=O) groups is 2. The van der Waals surface area contributed by atoms with Crippen LogP contribution in [-0.2, 0) is 0 Å². The first-order valence-electron chi connectivity index (χ1n) is 13.8. The highest BCUT2D eigenvalue weighted by atomic mass is 16.5. The number of hydrogen-bond acceptors (Lipinski definition) is 4. The number of benzene rings is 3. The van der Waals surface area contributed by atoms with Crippen LogP contribution < -0.4 is 14.5 Å². The van der Waals surface area contributed by atoms with E-state index in [0.717, 1.165) is 54.8 Å². The molecule has 1 saturated heterocycles. The maximum atomic E-state index is 13.2. The average Bonchev–Trinajstić information content (AvgIpc) is 2.91. The smallest absolute Gasteiger partial charge is 0.261 e. The van der Waals surface area contributed by atoms with Gasteiger partial charge in [0, 0.05) is 16.5 Å². The largest absolute Gasteiger partial charge is 0.490 e. The summed E-state index contributed by atoms with van der Waals surface area (Å²) in [7, 11) is 0. The molecule has 0 aromatic heterocycles. The lowest BCUT2D eigenvalue weighted by atomic mass is 9.94. The molecule has 0 aliphatic carbocycles. The van der Waals surface area contributed by atoms with E-state index in [1.807, 2.05) is 42.5 Å². The van der Waals surface area contributed by atoms with Gasteiger partial charge in [0.1, 0.15) is 51.2 Å². The van der Waals surface area contributed by atoms with Crippen LogP contribution in [0.15, 0.2) is 54.6 Å². The van der Waals surface area contributed by atoms with E-state index >= 15 is 0 Å². The molecule has 3 aromatic carbocycles. The molecule has 7 heteroatoms. The molecule has 0 unspecified atom stereocenters. The summed E-state index contributed by atoms with van der Waals surface area (Å²) in [6.07, 6.45) is -0.529. The quantitative estimate of drug-likeness (QED) is 0.372. The maximum Gasteiger partial charge on any atom is 0.261 e. The molecule has 1 fully saturated rings. The van der Waals surface area contributed by atoms with Crippen molar-refractivity contribution >= 4 is 22.6 Å². The normalized spacial score (nSPS) is 20.3. The number of aryl methyl sites for hydroxylation is 1. The molecule has 0 spiro atoms. The summed E-state index contributed by atoms with van der Waals surface area (Å²) in [6.45, 7) is 12.2. The molecule has 2 aliphatic rings. The fraction of sp³-hybridized carbons (Fsp3) is 0.419. The standard InChI is InChI=1S/C31H37N3O4/c1-21(2)25-11-10-22(3)18-28(25)38-20-24(35)19-33-14-12-32(13-15-33)16-17-34-30(36)26-8-4-6-23-7-5-9-27(29(23)26)31(34)37/h4-11,18,21,24,35H,12-17,19-20H2,1-3H3/p+2/t24-/m1/s1. The molecule has 200 valence electrons. The molecule has 3 N–H and O–H groups in total. The summed E-state index contributed by atoms with van der Waals surface area (Å²) < 4.78 is 6.04. The van der Waals surface area contributed by atoms with Gasteiger partial charge in [-0.15, -0.1) is 0 Å². The van der Waals surface area contributed by atoms with E-state index in [2.05, 4.69) is 32.9 Å². The number of amides is 2. The number of aliphatic hydroxyl groups excluding tert-OH is 1. The van der Waals surface area contributed by atoms with Crippen molar-refractivity contribution < 1.29 is 29.2 Å². The number of quaternary nitrogens is 2. The highest BCUT2D eigenvalue weighted by molar-refractivity contribution is 6.25. The van der Waals surface area contributed by atoms with E-state index < -0.39 is 6.10 Å². The van der Waals surface area contributed by atoms with Gasteiger partial charge in [0.25, 0.3) is 11.8 Å². The van der Waals surface area contributed by atoms with Gasteiger partial charge in [-0.2, -0.15) is 0 Å². The third kappa shape index (κ3) is 5.46. The van der Waals surface area contributed by atoms with Crippen LogP contribution in [0.4, 0.5) is 0 Å². The van der Waals surface area contributed by atoms with Crippen LogP contribution in [0.5, 0.6) is 5.75 Å². The van der Waals surface area contributed by atoms with Gasteiger partial charge < -0.3 is 19.6 Å². The van der Waals surface area contributed by atoms with E-state index in [-0.39, 0.29) is 18.4 Å². The van der Waals surface area contributed by atoms with Gasteiger partial charge in [-0.25, -0.2) is 0 Å². The minimum Gasteiger partial charge on any atom is -0.490 e.